The van der Waals surface area contributed by atoms with Crippen molar-refractivity contribution in [2.45, 2.75) is 193 Å². The maximum atomic E-state index is 14.6. The maximum Gasteiger partial charge on any atom is 0.408 e. The molecule has 0 spiro atoms. The number of nitrogens with zero attached hydrogens (tertiary/aromatic N) is 2. The van der Waals surface area contributed by atoms with Gasteiger partial charge in [0.2, 0.25) is 0 Å². The van der Waals surface area contributed by atoms with Gasteiger partial charge in [0, 0.05) is 63.0 Å². The fourth-order valence-corrected chi connectivity index (χ4v) is 11.8. The smallest absolute Gasteiger partial charge is 0.408 e. The van der Waals surface area contributed by atoms with E-state index in [0.29, 0.717) is 51.0 Å². The molecule has 4 fully saturated rings. The van der Waals surface area contributed by atoms with Gasteiger partial charge in [-0.2, -0.15) is 0 Å². The summed E-state index contributed by atoms with van der Waals surface area (Å²) in [7, 11) is 5.33. The van der Waals surface area contributed by atoms with E-state index < -0.39 is 107 Å². The number of aryl methyl sites for hydroxylation is 1. The van der Waals surface area contributed by atoms with Gasteiger partial charge in [0.05, 0.1) is 47.6 Å². The Kier molecular flexibility index (Phi) is 19.4. The summed E-state index contributed by atoms with van der Waals surface area (Å²) in [4.78, 5) is 68.4. The number of amides is 1. The van der Waals surface area contributed by atoms with Crippen LogP contribution in [0.1, 0.15) is 124 Å². The van der Waals surface area contributed by atoms with Crippen molar-refractivity contribution in [2.24, 2.45) is 23.2 Å². The first-order valence-electron chi connectivity index (χ1n) is 26.5. The molecule has 0 bridgehead atoms. The van der Waals surface area contributed by atoms with E-state index in [4.69, 9.17) is 37.9 Å². The van der Waals surface area contributed by atoms with Crippen LogP contribution < -0.4 is 21.5 Å². The number of aliphatic hydroxyl groups is 1. The minimum atomic E-state index is -1.52. The average Bonchev–Trinajstić information content (AvgIpc) is 3.66. The minimum absolute atomic E-state index is 0.117. The number of aromatic nitrogens is 1. The molecule has 6 heterocycles. The second-order valence-corrected chi connectivity index (χ2v) is 22.4. The van der Waals surface area contributed by atoms with E-state index in [-0.39, 0.29) is 42.4 Å². The van der Waals surface area contributed by atoms with Gasteiger partial charge >= 0.3 is 18.0 Å². The summed E-state index contributed by atoms with van der Waals surface area (Å²) in [5.74, 6) is -4.56. The fraction of sp³-hybridized carbons (Fsp3) is 0.759. The second kappa shape index (κ2) is 24.4. The number of hydrogen-bond acceptors (Lipinski definition) is 17. The summed E-state index contributed by atoms with van der Waals surface area (Å²) in [5.41, 5.74) is -1.79. The number of carbonyl (C=O) groups excluding carboxylic acids is 3. The Morgan fingerprint density at radius 3 is 2.31 bits per heavy atom. The molecule has 20 heteroatoms. The van der Waals surface area contributed by atoms with Gasteiger partial charge in [0.1, 0.15) is 23.8 Å². The van der Waals surface area contributed by atoms with Gasteiger partial charge in [0.15, 0.2) is 24.0 Å². The predicted octanol–water partition coefficient (Wildman–Crippen LogP) is 5.17. The lowest BCUT2D eigenvalue weighted by Gasteiger charge is -2.49. The number of carboxylic acid groups (broad SMARTS) is 1. The number of aromatic carboxylic acids is 1. The third-order valence-corrected chi connectivity index (χ3v) is 16.0. The highest BCUT2D eigenvalue weighted by molar-refractivity contribution is 5.93. The number of esters is 1. The van der Waals surface area contributed by atoms with Crippen LogP contribution in [0.25, 0.3) is 5.52 Å². The standard InChI is InChI=1S/C54H85N5O15/c1-15-34-25-36(48(63)64)47(62)59-22-18-35(26-37(34)59)56-21-20-55-19-17-23-68-46-33(7)70-40(28-52(46,8)9)72-43-31(5)45(73-50-42(61)38(58(12)13)24-30(4)69-50)53(10,67-14)27-29(3)41(60)44-54(11,74-51(66)57-44)39(16-2)71-49(65)32(43)6/h18,22,25-26,29-33,38-40,42-46,50,55-56,61H,15-17,19-21,23-24,27-28H2,1-14H3,(H,57,66)(H,63,64)/t29-,30-,31+,32-,33+,38+,39-,40+,42-,43+,44-,45-,46+,50+,53-,54-/m1/s1. The van der Waals surface area contributed by atoms with Crippen molar-refractivity contribution < 1.29 is 67.3 Å². The highest BCUT2D eigenvalue weighted by Crippen LogP contribution is 2.44. The zero-order valence-corrected chi connectivity index (χ0v) is 46.1. The molecule has 20 nitrogen and oxygen atoms in total. The maximum absolute atomic E-state index is 14.6. The Labute approximate surface area is 436 Å². The van der Waals surface area contributed by atoms with E-state index in [2.05, 4.69) is 29.8 Å². The first-order valence-corrected chi connectivity index (χ1v) is 26.5. The number of anilines is 1. The molecule has 2 aromatic heterocycles. The van der Waals surface area contributed by atoms with Gasteiger partial charge in [-0.15, -0.1) is 0 Å². The molecule has 1 amide bonds. The van der Waals surface area contributed by atoms with Gasteiger partial charge in [-0.25, -0.2) is 9.59 Å². The van der Waals surface area contributed by atoms with Gasteiger partial charge in [-0.1, -0.05) is 41.5 Å². The molecule has 6 rings (SSSR count). The van der Waals surface area contributed by atoms with Crippen LogP contribution in [0.4, 0.5) is 10.5 Å². The Morgan fingerprint density at radius 1 is 0.959 bits per heavy atom. The zero-order valence-electron chi connectivity index (χ0n) is 46.1. The summed E-state index contributed by atoms with van der Waals surface area (Å²) in [6, 6.07) is 3.65. The number of ether oxygens (including phenoxy) is 8. The topological polar surface area (TPSA) is 243 Å². The molecule has 74 heavy (non-hydrogen) atoms. The number of cyclic esters (lactones) is 1. The number of rotatable bonds is 18. The summed E-state index contributed by atoms with van der Waals surface area (Å²) >= 11 is 0. The van der Waals surface area contributed by atoms with Crippen LogP contribution in [0, 0.1) is 23.2 Å². The van der Waals surface area contributed by atoms with Crippen molar-refractivity contribution >= 4 is 35.0 Å². The lowest BCUT2D eigenvalue weighted by atomic mass is 9.75. The Bertz CT molecular complexity index is 2350. The van der Waals surface area contributed by atoms with Crippen molar-refractivity contribution in [3.8, 4) is 0 Å². The van der Waals surface area contributed by atoms with Crippen molar-refractivity contribution in [3.63, 3.8) is 0 Å². The number of pyridine rings is 2. The number of likely N-dealkylation sites (N-methyl/N-ethyl adjacent to an activating group) is 1. The molecular weight excluding hydrogens is 959 g/mol. The molecule has 0 saturated carbocycles. The first kappa shape index (κ1) is 59.0. The number of methoxy groups -OCH3 is 1. The molecular formula is C54H85N5O15. The van der Waals surface area contributed by atoms with Crippen LogP contribution in [0.5, 0.6) is 0 Å². The first-order chi connectivity index (χ1) is 34.8. The van der Waals surface area contributed by atoms with Crippen molar-refractivity contribution in [1.82, 2.24) is 19.9 Å². The molecule has 0 aromatic carbocycles. The molecule has 0 aliphatic carbocycles. The third kappa shape index (κ3) is 12.8. The van der Waals surface area contributed by atoms with Crippen LogP contribution in [0.3, 0.4) is 0 Å². The molecule has 0 radical (unpaired) electrons. The van der Waals surface area contributed by atoms with E-state index >= 15 is 0 Å². The molecule has 0 unspecified atom stereocenters. The average molecular weight is 1040 g/mol. The normalized spacial score (nSPS) is 36.0. The highest BCUT2D eigenvalue weighted by Gasteiger charge is 2.58. The van der Waals surface area contributed by atoms with Crippen LogP contribution in [0.15, 0.2) is 29.2 Å². The minimum Gasteiger partial charge on any atom is -0.477 e. The lowest BCUT2D eigenvalue weighted by molar-refractivity contribution is -0.315. The predicted molar refractivity (Wildman–Crippen MR) is 275 cm³/mol. The number of Topliss-reactive ketones (excluding diaryl/α,β-unsaturated/α-hetero) is 1. The molecule has 4 aliphatic heterocycles. The molecule has 4 aliphatic rings. The SMILES string of the molecule is CCc1cc(C(=O)O)c(=O)n2ccc(NCCNCCCO[C@H]3[C@H](C)O[C@@H](O[C@H]4[C@H](C)[C@@H](O[C@@H]5O[C@H](C)C[C@H](N(C)C)[C@H]5O)[C@](C)(OC)C[C@@H](C)C(=O)[C@H]5NC(=O)O[C@]5(C)[C@@H](CC)OC(=O)[C@@H]4C)CC3(C)C)cc12. The summed E-state index contributed by atoms with van der Waals surface area (Å²) in [6.45, 7) is 23.1. The van der Waals surface area contributed by atoms with Crippen LogP contribution in [-0.2, 0) is 53.9 Å². The van der Waals surface area contributed by atoms with E-state index in [1.165, 1.54) is 17.6 Å². The van der Waals surface area contributed by atoms with Crippen LogP contribution in [0.2, 0.25) is 0 Å². The molecule has 2 aromatic rings. The van der Waals surface area contributed by atoms with E-state index in [1.807, 2.05) is 59.7 Å². The second-order valence-electron chi connectivity index (χ2n) is 22.4. The number of fused-ring (bicyclic) bond motifs is 2. The summed E-state index contributed by atoms with van der Waals surface area (Å²) in [5, 5.41) is 30.8. The zero-order chi connectivity index (χ0) is 54.6. The molecule has 416 valence electrons. The van der Waals surface area contributed by atoms with Crippen LogP contribution in [-0.4, -0.2) is 169 Å². The van der Waals surface area contributed by atoms with Gasteiger partial charge in [-0.3, -0.25) is 18.8 Å². The fourth-order valence-electron chi connectivity index (χ4n) is 11.8. The van der Waals surface area contributed by atoms with E-state index in [1.54, 1.807) is 40.0 Å². The largest absolute Gasteiger partial charge is 0.477 e. The lowest BCUT2D eigenvalue weighted by Crippen LogP contribution is -2.60. The number of hydrogen-bond donors (Lipinski definition) is 5. The Morgan fingerprint density at radius 2 is 1.68 bits per heavy atom. The number of aliphatic hydroxyl groups excluding tert-OH is 1. The van der Waals surface area contributed by atoms with Gasteiger partial charge < -0.3 is 69.0 Å². The number of carboxylic acids is 1. The number of alkyl carbamates (subject to hydrolysis) is 1. The molecule has 5 N–H and O–H groups in total. The number of nitrogens with one attached hydrogen (secondary N) is 3. The summed E-state index contributed by atoms with van der Waals surface area (Å²) < 4.78 is 53.4. The van der Waals surface area contributed by atoms with E-state index in [0.717, 1.165) is 17.7 Å². The molecule has 16 atom stereocenters. The number of carbonyl (C=O) groups is 4. The number of ketones is 1. The van der Waals surface area contributed by atoms with Crippen LogP contribution >= 0.6 is 0 Å². The third-order valence-electron chi connectivity index (χ3n) is 16.0. The monoisotopic (exact) mass is 1040 g/mol. The van der Waals surface area contributed by atoms with Crippen molar-refractivity contribution in [3.05, 3.63) is 45.9 Å². The Hall–Kier alpha value is -4.25. The highest BCUT2D eigenvalue weighted by atomic mass is 16.7. The van der Waals surface area contributed by atoms with E-state index in [9.17, 15) is 34.2 Å². The molecule has 4 saturated heterocycles. The van der Waals surface area contributed by atoms with Gasteiger partial charge in [-0.05, 0) is 117 Å². The van der Waals surface area contributed by atoms with Crippen molar-refractivity contribution in [2.75, 3.05) is 52.8 Å². The van der Waals surface area contributed by atoms with Gasteiger partial charge in [0.25, 0.3) is 5.56 Å². The quantitative estimate of drug-likeness (QED) is 0.0955. The Balaban J connectivity index is 1.15. The summed E-state index contributed by atoms with van der Waals surface area (Å²) in [6.07, 6.45) is -3.39. The van der Waals surface area contributed by atoms with Crippen molar-refractivity contribution in [1.29, 1.82) is 0 Å².